The van der Waals surface area contributed by atoms with Crippen molar-refractivity contribution in [1.29, 1.82) is 0 Å². The Morgan fingerprint density at radius 2 is 1.64 bits per heavy atom. The van der Waals surface area contributed by atoms with Crippen molar-refractivity contribution in [2.75, 3.05) is 33.2 Å². The standard InChI is InChI=1S/C19H18N2O3S/c1-21(2)11-5-6-12-14-10-25-20-19(14)13-8-17(22-3)18(23-4)9-16(13)24-15(12)7-11/h5-10H,1-4H3. The molecule has 0 spiro atoms. The second-order valence-corrected chi connectivity index (χ2v) is 6.59. The van der Waals surface area contributed by atoms with Gasteiger partial charge in [0.1, 0.15) is 11.5 Å². The lowest BCUT2D eigenvalue weighted by Crippen LogP contribution is -2.08. The maximum Gasteiger partial charge on any atom is 0.164 e. The predicted octanol–water partition coefficient (Wildman–Crippen LogP) is 4.67. The van der Waals surface area contributed by atoms with Gasteiger partial charge in [-0.15, -0.1) is 0 Å². The first-order valence-corrected chi connectivity index (χ1v) is 8.66. The number of hydrogen-bond donors (Lipinski definition) is 0. The number of hydrogen-bond acceptors (Lipinski definition) is 6. The van der Waals surface area contributed by atoms with Crippen LogP contribution in [0.1, 0.15) is 0 Å². The second-order valence-electron chi connectivity index (χ2n) is 5.96. The van der Waals surface area contributed by atoms with Crippen LogP contribution in [0.4, 0.5) is 5.69 Å². The Bertz CT molecular complexity index is 950. The quantitative estimate of drug-likeness (QED) is 0.535. The SMILES string of the molecule is COc1cc2c(cc1OC)-c1nscc1-c1ccc(N(C)C)cc1O2. The van der Waals surface area contributed by atoms with E-state index in [1.54, 1.807) is 14.2 Å². The van der Waals surface area contributed by atoms with Gasteiger partial charge in [-0.3, -0.25) is 0 Å². The molecule has 3 aromatic rings. The van der Waals surface area contributed by atoms with E-state index in [4.69, 9.17) is 14.2 Å². The lowest BCUT2D eigenvalue weighted by molar-refractivity contribution is 0.352. The van der Waals surface area contributed by atoms with Crippen LogP contribution in [0.3, 0.4) is 0 Å². The molecule has 0 amide bonds. The maximum absolute atomic E-state index is 6.28. The molecule has 0 radical (unpaired) electrons. The van der Waals surface area contributed by atoms with Gasteiger partial charge >= 0.3 is 0 Å². The van der Waals surface area contributed by atoms with Crippen molar-refractivity contribution in [3.63, 3.8) is 0 Å². The predicted molar refractivity (Wildman–Crippen MR) is 100 cm³/mol. The Balaban J connectivity index is 1.98. The van der Waals surface area contributed by atoms with Crippen LogP contribution in [0, 0.1) is 0 Å². The minimum Gasteiger partial charge on any atom is -0.493 e. The highest BCUT2D eigenvalue weighted by Gasteiger charge is 2.25. The number of nitrogens with zero attached hydrogens (tertiary/aromatic N) is 2. The number of benzene rings is 2. The van der Waals surface area contributed by atoms with Gasteiger partial charge in [0.05, 0.1) is 19.9 Å². The molecule has 0 unspecified atom stereocenters. The lowest BCUT2D eigenvalue weighted by Gasteiger charge is -2.16. The van der Waals surface area contributed by atoms with E-state index in [9.17, 15) is 0 Å². The summed E-state index contributed by atoms with van der Waals surface area (Å²) < 4.78 is 21.8. The van der Waals surface area contributed by atoms with Gasteiger partial charge in [-0.25, -0.2) is 0 Å². The summed E-state index contributed by atoms with van der Waals surface area (Å²) in [6.07, 6.45) is 0. The van der Waals surface area contributed by atoms with Gasteiger partial charge in [0, 0.05) is 54.0 Å². The van der Waals surface area contributed by atoms with Crippen LogP contribution in [0.15, 0.2) is 35.7 Å². The molecular weight excluding hydrogens is 336 g/mol. The first kappa shape index (κ1) is 15.8. The van der Waals surface area contributed by atoms with Gasteiger partial charge < -0.3 is 19.1 Å². The Morgan fingerprint density at radius 3 is 2.36 bits per heavy atom. The number of anilines is 1. The molecule has 0 N–H and O–H groups in total. The highest BCUT2D eigenvalue weighted by Crippen LogP contribution is 2.50. The first-order chi connectivity index (χ1) is 12.1. The molecule has 128 valence electrons. The topological polar surface area (TPSA) is 43.8 Å². The minimum absolute atomic E-state index is 0.630. The molecule has 6 heteroatoms. The third-order valence-corrected chi connectivity index (χ3v) is 4.93. The van der Waals surface area contributed by atoms with Crippen LogP contribution in [0.5, 0.6) is 23.0 Å². The number of aromatic nitrogens is 1. The second kappa shape index (κ2) is 5.97. The van der Waals surface area contributed by atoms with Crippen LogP contribution in [-0.2, 0) is 0 Å². The summed E-state index contributed by atoms with van der Waals surface area (Å²) in [6, 6.07) is 9.99. The van der Waals surface area contributed by atoms with Crippen LogP contribution in [-0.4, -0.2) is 32.7 Å². The van der Waals surface area contributed by atoms with Crippen molar-refractivity contribution < 1.29 is 14.2 Å². The lowest BCUT2D eigenvalue weighted by atomic mass is 10.0. The van der Waals surface area contributed by atoms with Crippen LogP contribution >= 0.6 is 11.5 Å². The molecule has 0 fully saturated rings. The maximum atomic E-state index is 6.28. The minimum atomic E-state index is 0.630. The highest BCUT2D eigenvalue weighted by molar-refractivity contribution is 7.04. The van der Waals surface area contributed by atoms with Crippen LogP contribution in [0.25, 0.3) is 22.4 Å². The van der Waals surface area contributed by atoms with Crippen molar-refractivity contribution in [2.45, 2.75) is 0 Å². The van der Waals surface area contributed by atoms with Gasteiger partial charge in [-0.1, -0.05) is 0 Å². The first-order valence-electron chi connectivity index (χ1n) is 7.82. The largest absolute Gasteiger partial charge is 0.493 e. The Morgan fingerprint density at radius 1 is 0.920 bits per heavy atom. The third-order valence-electron chi connectivity index (χ3n) is 4.30. The summed E-state index contributed by atoms with van der Waals surface area (Å²) in [5.41, 5.74) is 4.97. The van der Waals surface area contributed by atoms with E-state index in [-0.39, 0.29) is 0 Å². The van der Waals surface area contributed by atoms with Gasteiger partial charge in [0.15, 0.2) is 11.5 Å². The molecule has 1 aliphatic heterocycles. The molecule has 0 bridgehead atoms. The molecule has 0 aliphatic carbocycles. The molecule has 25 heavy (non-hydrogen) atoms. The zero-order chi connectivity index (χ0) is 17.6. The molecule has 2 heterocycles. The Hall–Kier alpha value is -2.73. The average Bonchev–Trinajstić information content (AvgIpc) is 3.06. The van der Waals surface area contributed by atoms with E-state index in [0.717, 1.165) is 33.8 Å². The number of rotatable bonds is 3. The zero-order valence-corrected chi connectivity index (χ0v) is 15.3. The van der Waals surface area contributed by atoms with E-state index in [0.29, 0.717) is 17.2 Å². The van der Waals surface area contributed by atoms with Crippen molar-refractivity contribution in [3.05, 3.63) is 35.7 Å². The number of ether oxygens (including phenoxy) is 3. The van der Waals surface area contributed by atoms with Gasteiger partial charge in [0.2, 0.25) is 0 Å². The van der Waals surface area contributed by atoms with Crippen molar-refractivity contribution in [2.24, 2.45) is 0 Å². The molecule has 1 aromatic heterocycles. The van der Waals surface area contributed by atoms with Crippen molar-refractivity contribution in [1.82, 2.24) is 4.37 Å². The van der Waals surface area contributed by atoms with E-state index in [1.807, 2.05) is 32.3 Å². The zero-order valence-electron chi connectivity index (χ0n) is 14.5. The fourth-order valence-corrected chi connectivity index (χ4v) is 3.67. The number of methoxy groups -OCH3 is 2. The van der Waals surface area contributed by atoms with E-state index in [1.165, 1.54) is 11.5 Å². The highest BCUT2D eigenvalue weighted by atomic mass is 32.1. The molecule has 2 aromatic carbocycles. The summed E-state index contributed by atoms with van der Waals surface area (Å²) >= 11 is 1.44. The van der Waals surface area contributed by atoms with Crippen LogP contribution in [0.2, 0.25) is 0 Å². The van der Waals surface area contributed by atoms with E-state index in [2.05, 4.69) is 26.8 Å². The third kappa shape index (κ3) is 2.49. The summed E-state index contributed by atoms with van der Waals surface area (Å²) in [5.74, 6) is 2.80. The molecule has 0 atom stereocenters. The van der Waals surface area contributed by atoms with Gasteiger partial charge in [0.25, 0.3) is 0 Å². The Kier molecular flexibility index (Phi) is 3.77. The average molecular weight is 354 g/mol. The van der Waals surface area contributed by atoms with Crippen molar-refractivity contribution in [3.8, 4) is 45.4 Å². The van der Waals surface area contributed by atoms with Crippen LogP contribution < -0.4 is 19.1 Å². The van der Waals surface area contributed by atoms with E-state index < -0.39 is 0 Å². The number of fused-ring (bicyclic) bond motifs is 5. The monoisotopic (exact) mass is 354 g/mol. The van der Waals surface area contributed by atoms with Crippen molar-refractivity contribution >= 4 is 17.2 Å². The van der Waals surface area contributed by atoms with Gasteiger partial charge in [-0.2, -0.15) is 4.37 Å². The molecule has 0 saturated carbocycles. The molecule has 1 aliphatic rings. The Labute approximate surface area is 150 Å². The molecule has 4 rings (SSSR count). The summed E-state index contributed by atoms with van der Waals surface area (Å²) in [5, 5.41) is 2.05. The normalized spacial score (nSPS) is 11.5. The summed E-state index contributed by atoms with van der Waals surface area (Å²) in [7, 11) is 7.27. The smallest absolute Gasteiger partial charge is 0.164 e. The van der Waals surface area contributed by atoms with Gasteiger partial charge in [-0.05, 0) is 29.7 Å². The fraction of sp³-hybridized carbons (Fsp3) is 0.211. The molecule has 0 saturated heterocycles. The molecular formula is C19H18N2O3S. The summed E-state index contributed by atoms with van der Waals surface area (Å²) in [6.45, 7) is 0. The van der Waals surface area contributed by atoms with E-state index >= 15 is 0 Å². The fourth-order valence-electron chi connectivity index (χ4n) is 2.97. The molecule has 5 nitrogen and oxygen atoms in total. The summed E-state index contributed by atoms with van der Waals surface area (Å²) in [4.78, 5) is 2.05.